The van der Waals surface area contributed by atoms with E-state index in [4.69, 9.17) is 10.8 Å². The van der Waals surface area contributed by atoms with E-state index >= 15 is 0 Å². The molecule has 0 aliphatic heterocycles. The van der Waals surface area contributed by atoms with Gasteiger partial charge in [0, 0.05) is 12.6 Å². The molecule has 0 aliphatic rings. The molecule has 1 aromatic carbocycles. The van der Waals surface area contributed by atoms with Gasteiger partial charge < -0.3 is 10.8 Å². The molecule has 0 aliphatic carbocycles. The predicted molar refractivity (Wildman–Crippen MR) is 50.1 cm³/mol. The van der Waals surface area contributed by atoms with Gasteiger partial charge in [-0.1, -0.05) is 18.2 Å². The Morgan fingerprint density at radius 1 is 1.27 bits per heavy atom. The Balaban J connectivity index is 3.06. The average molecular weight is 219 g/mol. The highest BCUT2D eigenvalue weighted by Crippen LogP contribution is 2.34. The summed E-state index contributed by atoms with van der Waals surface area (Å²) in [6.45, 7) is -0.229. The van der Waals surface area contributed by atoms with Crippen molar-refractivity contribution in [3.05, 3.63) is 35.4 Å². The maximum atomic E-state index is 12.5. The van der Waals surface area contributed by atoms with Gasteiger partial charge in [-0.05, 0) is 18.1 Å². The molecule has 0 spiro atoms. The quantitative estimate of drug-likeness (QED) is 0.817. The molecule has 0 saturated heterocycles. The van der Waals surface area contributed by atoms with Crippen LogP contribution in [0.2, 0.25) is 0 Å². The highest BCUT2D eigenvalue weighted by molar-refractivity contribution is 5.32. The average Bonchev–Trinajstić information content (AvgIpc) is 2.17. The van der Waals surface area contributed by atoms with Gasteiger partial charge in [0.15, 0.2) is 0 Å². The zero-order chi connectivity index (χ0) is 11.5. The molecule has 0 saturated carbocycles. The second kappa shape index (κ2) is 4.63. The number of aliphatic hydroxyl groups is 1. The molecule has 0 unspecified atom stereocenters. The van der Waals surface area contributed by atoms with Crippen LogP contribution in [-0.2, 0) is 6.18 Å². The first-order chi connectivity index (χ1) is 6.96. The summed E-state index contributed by atoms with van der Waals surface area (Å²) in [5.74, 6) is 0. The zero-order valence-electron chi connectivity index (χ0n) is 7.96. The Morgan fingerprint density at radius 2 is 1.87 bits per heavy atom. The Hall–Kier alpha value is -1.07. The molecule has 1 aromatic rings. The van der Waals surface area contributed by atoms with Gasteiger partial charge in [0.05, 0.1) is 5.56 Å². The molecule has 0 radical (unpaired) electrons. The normalized spacial score (nSPS) is 13.9. The van der Waals surface area contributed by atoms with E-state index in [0.29, 0.717) is 0 Å². The molecule has 3 N–H and O–H groups in total. The maximum Gasteiger partial charge on any atom is 0.416 e. The molecule has 0 fully saturated rings. The number of nitrogens with two attached hydrogens (primary N) is 1. The van der Waals surface area contributed by atoms with Crippen LogP contribution in [0.25, 0.3) is 0 Å². The summed E-state index contributed by atoms with van der Waals surface area (Å²) in [4.78, 5) is 0. The number of halogens is 3. The van der Waals surface area contributed by atoms with E-state index in [1.807, 2.05) is 0 Å². The van der Waals surface area contributed by atoms with Crippen molar-refractivity contribution >= 4 is 0 Å². The third kappa shape index (κ3) is 2.94. The van der Waals surface area contributed by atoms with Gasteiger partial charge in [-0.25, -0.2) is 0 Å². The van der Waals surface area contributed by atoms with Crippen LogP contribution in [0.15, 0.2) is 24.3 Å². The number of hydrogen-bond acceptors (Lipinski definition) is 2. The second-order valence-corrected chi connectivity index (χ2v) is 3.20. The molecule has 1 atom stereocenters. The summed E-state index contributed by atoms with van der Waals surface area (Å²) in [7, 11) is 0. The monoisotopic (exact) mass is 219 g/mol. The van der Waals surface area contributed by atoms with Crippen LogP contribution in [0.3, 0.4) is 0 Å². The van der Waals surface area contributed by atoms with Gasteiger partial charge in [0.1, 0.15) is 0 Å². The molecule has 0 bridgehead atoms. The van der Waals surface area contributed by atoms with Crippen LogP contribution in [-0.4, -0.2) is 11.7 Å². The van der Waals surface area contributed by atoms with Crippen LogP contribution >= 0.6 is 0 Å². The Morgan fingerprint density at radius 3 is 2.40 bits per heavy atom. The highest BCUT2D eigenvalue weighted by Gasteiger charge is 2.34. The van der Waals surface area contributed by atoms with Crippen molar-refractivity contribution in [2.24, 2.45) is 5.73 Å². The third-order valence-corrected chi connectivity index (χ3v) is 2.11. The summed E-state index contributed by atoms with van der Waals surface area (Å²) in [6, 6.07) is 4.36. The summed E-state index contributed by atoms with van der Waals surface area (Å²) >= 11 is 0. The zero-order valence-corrected chi connectivity index (χ0v) is 7.96. The van der Waals surface area contributed by atoms with Crippen molar-refractivity contribution < 1.29 is 18.3 Å². The minimum absolute atomic E-state index is 0.0269. The fourth-order valence-electron chi connectivity index (χ4n) is 1.37. The number of aliphatic hydroxyl groups excluding tert-OH is 1. The van der Waals surface area contributed by atoms with Gasteiger partial charge in [-0.15, -0.1) is 0 Å². The van der Waals surface area contributed by atoms with Gasteiger partial charge >= 0.3 is 6.18 Å². The molecule has 84 valence electrons. The van der Waals surface area contributed by atoms with Crippen LogP contribution < -0.4 is 5.73 Å². The largest absolute Gasteiger partial charge is 0.416 e. The molecule has 0 amide bonds. The van der Waals surface area contributed by atoms with Gasteiger partial charge in [0.25, 0.3) is 0 Å². The van der Waals surface area contributed by atoms with E-state index in [2.05, 4.69) is 0 Å². The van der Waals surface area contributed by atoms with Crippen LogP contribution in [0.5, 0.6) is 0 Å². The lowest BCUT2D eigenvalue weighted by Crippen LogP contribution is -2.18. The fraction of sp³-hybridized carbons (Fsp3) is 0.400. The lowest BCUT2D eigenvalue weighted by atomic mass is 9.98. The Kier molecular flexibility index (Phi) is 3.71. The van der Waals surface area contributed by atoms with Gasteiger partial charge in [-0.2, -0.15) is 13.2 Å². The lowest BCUT2D eigenvalue weighted by molar-refractivity contribution is -0.138. The van der Waals surface area contributed by atoms with Crippen molar-refractivity contribution in [1.29, 1.82) is 0 Å². The van der Waals surface area contributed by atoms with E-state index in [9.17, 15) is 13.2 Å². The summed E-state index contributed by atoms with van der Waals surface area (Å²) in [6.07, 6.45) is -4.28. The van der Waals surface area contributed by atoms with Crippen molar-refractivity contribution in [1.82, 2.24) is 0 Å². The first kappa shape index (κ1) is 12.0. The summed E-state index contributed by atoms with van der Waals surface area (Å²) in [5.41, 5.74) is 4.84. The number of alkyl halides is 3. The molecule has 0 heterocycles. The first-order valence-corrected chi connectivity index (χ1v) is 4.49. The molecule has 5 heteroatoms. The number of hydrogen-bond donors (Lipinski definition) is 2. The minimum atomic E-state index is -4.40. The van der Waals surface area contributed by atoms with E-state index in [-0.39, 0.29) is 18.6 Å². The van der Waals surface area contributed by atoms with E-state index in [1.165, 1.54) is 18.2 Å². The van der Waals surface area contributed by atoms with Crippen molar-refractivity contribution in [3.63, 3.8) is 0 Å². The second-order valence-electron chi connectivity index (χ2n) is 3.20. The molecule has 1 rings (SSSR count). The fourth-order valence-corrected chi connectivity index (χ4v) is 1.37. The summed E-state index contributed by atoms with van der Waals surface area (Å²) in [5, 5.41) is 8.63. The Bertz CT molecular complexity index is 325. The number of rotatable bonds is 3. The van der Waals surface area contributed by atoms with Crippen LogP contribution in [0.4, 0.5) is 13.2 Å². The van der Waals surface area contributed by atoms with Gasteiger partial charge in [-0.3, -0.25) is 0 Å². The molecular weight excluding hydrogens is 207 g/mol. The van der Waals surface area contributed by atoms with Crippen molar-refractivity contribution in [3.8, 4) is 0 Å². The van der Waals surface area contributed by atoms with Crippen LogP contribution in [0, 0.1) is 0 Å². The molecular formula is C10H12F3NO. The maximum absolute atomic E-state index is 12.5. The first-order valence-electron chi connectivity index (χ1n) is 4.49. The smallest absolute Gasteiger partial charge is 0.396 e. The molecule has 15 heavy (non-hydrogen) atoms. The molecule has 0 aromatic heterocycles. The Labute approximate surface area is 85.5 Å². The van der Waals surface area contributed by atoms with Crippen LogP contribution in [0.1, 0.15) is 23.6 Å². The SMILES string of the molecule is N[C@H](CCO)c1ccccc1C(F)(F)F. The topological polar surface area (TPSA) is 46.2 Å². The lowest BCUT2D eigenvalue weighted by Gasteiger charge is -2.17. The van der Waals surface area contributed by atoms with Crippen molar-refractivity contribution in [2.45, 2.75) is 18.6 Å². The minimum Gasteiger partial charge on any atom is -0.396 e. The van der Waals surface area contributed by atoms with E-state index in [0.717, 1.165) is 6.07 Å². The van der Waals surface area contributed by atoms with E-state index in [1.54, 1.807) is 0 Å². The standard InChI is InChI=1S/C10H12F3NO/c11-10(12,13)8-4-2-1-3-7(8)9(14)5-6-15/h1-4,9,15H,5-6,14H2/t9-/m1/s1. The molecule has 2 nitrogen and oxygen atoms in total. The van der Waals surface area contributed by atoms with Crippen molar-refractivity contribution in [2.75, 3.05) is 6.61 Å². The highest BCUT2D eigenvalue weighted by atomic mass is 19.4. The van der Waals surface area contributed by atoms with Gasteiger partial charge in [0.2, 0.25) is 0 Å². The van der Waals surface area contributed by atoms with E-state index < -0.39 is 17.8 Å². The summed E-state index contributed by atoms with van der Waals surface area (Å²) < 4.78 is 37.6. The third-order valence-electron chi connectivity index (χ3n) is 2.11. The predicted octanol–water partition coefficient (Wildman–Crippen LogP) is 2.09. The number of benzene rings is 1.